The lowest BCUT2D eigenvalue weighted by Gasteiger charge is -2.13. The van der Waals surface area contributed by atoms with Crippen molar-refractivity contribution in [2.45, 2.75) is 19.8 Å². The summed E-state index contributed by atoms with van der Waals surface area (Å²) in [5.41, 5.74) is 4.25. The fourth-order valence-corrected chi connectivity index (χ4v) is 3.51. The van der Waals surface area contributed by atoms with E-state index < -0.39 is 0 Å². The lowest BCUT2D eigenvalue weighted by atomic mass is 10.0. The maximum Gasteiger partial charge on any atom is 0.154 e. The second kappa shape index (κ2) is 11.3. The van der Waals surface area contributed by atoms with Crippen LogP contribution in [0.15, 0.2) is 67.1 Å². The highest BCUT2D eigenvalue weighted by atomic mass is 16.5. The van der Waals surface area contributed by atoms with Crippen molar-refractivity contribution in [1.82, 2.24) is 25.5 Å². The Morgan fingerprint density at radius 2 is 1.78 bits per heavy atom. The van der Waals surface area contributed by atoms with Crippen LogP contribution in [0.1, 0.15) is 30.9 Å². The van der Waals surface area contributed by atoms with Gasteiger partial charge in [-0.2, -0.15) is 5.10 Å². The van der Waals surface area contributed by atoms with Gasteiger partial charge in [-0.05, 0) is 60.0 Å². The first-order valence-electron chi connectivity index (χ1n) is 11.6. The number of ether oxygens (including phenoxy) is 2. The number of nitrogens with zero attached hydrogens (tertiary/aromatic N) is 4. The van der Waals surface area contributed by atoms with Crippen molar-refractivity contribution >= 4 is 34.0 Å². The summed E-state index contributed by atoms with van der Waals surface area (Å²) in [4.78, 5) is 9.27. The van der Waals surface area contributed by atoms with Crippen molar-refractivity contribution < 1.29 is 9.47 Å². The van der Waals surface area contributed by atoms with E-state index in [-0.39, 0.29) is 6.61 Å². The molecule has 0 aliphatic heterocycles. The Hall–Kier alpha value is -4.53. The lowest BCUT2D eigenvalue weighted by molar-refractivity contribution is 0.374. The zero-order chi connectivity index (χ0) is 25.5. The molecule has 3 heterocycles. The van der Waals surface area contributed by atoms with Crippen molar-refractivity contribution in [3.63, 3.8) is 0 Å². The van der Waals surface area contributed by atoms with Crippen molar-refractivity contribution in [1.29, 1.82) is 5.41 Å². The molecule has 4 rings (SSSR count). The summed E-state index contributed by atoms with van der Waals surface area (Å²) in [5, 5.41) is 23.1. The van der Waals surface area contributed by atoms with E-state index in [1.807, 2.05) is 48.5 Å². The Kier molecular flexibility index (Phi) is 7.69. The van der Waals surface area contributed by atoms with Crippen molar-refractivity contribution in [2.24, 2.45) is 0 Å². The minimum atomic E-state index is 0.0950. The van der Waals surface area contributed by atoms with Gasteiger partial charge in [0.05, 0.1) is 30.1 Å². The molecule has 0 radical (unpaired) electrons. The van der Waals surface area contributed by atoms with Crippen LogP contribution in [0.25, 0.3) is 16.6 Å². The first-order valence-corrected chi connectivity index (χ1v) is 11.6. The van der Waals surface area contributed by atoms with E-state index in [1.54, 1.807) is 32.8 Å². The third-order valence-electron chi connectivity index (χ3n) is 5.50. The summed E-state index contributed by atoms with van der Waals surface area (Å²) in [7, 11) is 3.41. The number of rotatable bonds is 10. The summed E-state index contributed by atoms with van der Waals surface area (Å²) in [6.07, 6.45) is 5.26. The van der Waals surface area contributed by atoms with Gasteiger partial charge in [0.2, 0.25) is 0 Å². The first kappa shape index (κ1) is 24.6. The van der Waals surface area contributed by atoms with E-state index in [1.165, 1.54) is 0 Å². The van der Waals surface area contributed by atoms with E-state index in [4.69, 9.17) is 19.9 Å². The van der Waals surface area contributed by atoms with Crippen LogP contribution in [-0.2, 0) is 0 Å². The molecule has 0 aliphatic rings. The predicted molar refractivity (Wildman–Crippen MR) is 142 cm³/mol. The van der Waals surface area contributed by atoms with E-state index in [2.05, 4.69) is 39.7 Å². The second-order valence-electron chi connectivity index (χ2n) is 8.40. The molecule has 0 atom stereocenters. The highest BCUT2D eigenvalue weighted by molar-refractivity contribution is 6.23. The van der Waals surface area contributed by atoms with E-state index >= 15 is 0 Å². The van der Waals surface area contributed by atoms with Gasteiger partial charge < -0.3 is 25.5 Å². The molecule has 3 aromatic heterocycles. The number of anilines is 2. The number of hydrogen-bond donors (Lipinski definition) is 3. The van der Waals surface area contributed by atoms with Gasteiger partial charge in [0, 0.05) is 30.6 Å². The summed E-state index contributed by atoms with van der Waals surface area (Å²) in [5.74, 6) is 3.01. The molecule has 9 nitrogen and oxygen atoms in total. The minimum Gasteiger partial charge on any atom is -0.497 e. The number of benzene rings is 1. The highest BCUT2D eigenvalue weighted by Gasteiger charge is 2.12. The molecule has 0 fully saturated rings. The topological polar surface area (TPSA) is 118 Å². The molecule has 184 valence electrons. The summed E-state index contributed by atoms with van der Waals surface area (Å²) < 4.78 is 11.0. The van der Waals surface area contributed by atoms with Crippen LogP contribution in [-0.4, -0.2) is 46.6 Å². The number of pyridine rings is 2. The smallest absolute Gasteiger partial charge is 0.154 e. The zero-order valence-corrected chi connectivity index (χ0v) is 20.7. The van der Waals surface area contributed by atoms with Gasteiger partial charge in [-0.1, -0.05) is 13.8 Å². The number of hydrogen-bond acceptors (Lipinski definition) is 9. The molecular formula is C27H29N7O2. The van der Waals surface area contributed by atoms with Crippen LogP contribution in [0.3, 0.4) is 0 Å². The first-order chi connectivity index (χ1) is 17.5. The van der Waals surface area contributed by atoms with Crippen molar-refractivity contribution in [3.8, 4) is 11.5 Å². The van der Waals surface area contributed by atoms with Crippen LogP contribution in [0, 0.1) is 5.41 Å². The summed E-state index contributed by atoms with van der Waals surface area (Å²) in [6, 6.07) is 14.9. The van der Waals surface area contributed by atoms with Gasteiger partial charge >= 0.3 is 0 Å². The van der Waals surface area contributed by atoms with Crippen LogP contribution >= 0.6 is 0 Å². The Bertz CT molecular complexity index is 1380. The number of fused-ring (bicyclic) bond motifs is 1. The fourth-order valence-electron chi connectivity index (χ4n) is 3.51. The molecule has 9 heteroatoms. The molecular weight excluding hydrogens is 454 g/mol. The Morgan fingerprint density at radius 1 is 1.00 bits per heavy atom. The number of aromatic nitrogens is 4. The van der Waals surface area contributed by atoms with Crippen LogP contribution in [0.5, 0.6) is 11.5 Å². The third-order valence-corrected chi connectivity index (χ3v) is 5.50. The standard InChI is InChI=1S/C27H29N7O2/c1-17(2)18-12-27(34-31-14-18)33-26-10-9-24-25(32-26)11-19(13-30-24)22(15-29-3)23(28)16-36-21-7-5-20(35-4)6-8-21/h5-15,17,28-29H,16H2,1-4H3,(H,32,33,34)/b22-15-,28-23?. The average Bonchev–Trinajstić information content (AvgIpc) is 2.90. The highest BCUT2D eigenvalue weighted by Crippen LogP contribution is 2.23. The van der Waals surface area contributed by atoms with Gasteiger partial charge in [-0.3, -0.25) is 4.98 Å². The molecule has 0 amide bonds. The fraction of sp³-hybridized carbons (Fsp3) is 0.222. The largest absolute Gasteiger partial charge is 0.497 e. The lowest BCUT2D eigenvalue weighted by Crippen LogP contribution is -2.14. The Morgan fingerprint density at radius 3 is 2.50 bits per heavy atom. The molecule has 4 aromatic rings. The van der Waals surface area contributed by atoms with Crippen molar-refractivity contribution in [3.05, 3.63) is 78.3 Å². The van der Waals surface area contributed by atoms with Gasteiger partial charge in [-0.25, -0.2) is 4.98 Å². The molecule has 0 unspecified atom stereocenters. The van der Waals surface area contributed by atoms with Crippen LogP contribution in [0.4, 0.5) is 11.6 Å². The maximum atomic E-state index is 8.63. The molecule has 0 bridgehead atoms. The van der Waals surface area contributed by atoms with Gasteiger partial charge in [0.1, 0.15) is 23.9 Å². The van der Waals surface area contributed by atoms with Gasteiger partial charge in [-0.15, -0.1) is 5.10 Å². The average molecular weight is 484 g/mol. The van der Waals surface area contributed by atoms with E-state index in [9.17, 15) is 0 Å². The molecule has 36 heavy (non-hydrogen) atoms. The zero-order valence-electron chi connectivity index (χ0n) is 20.7. The second-order valence-corrected chi connectivity index (χ2v) is 8.40. The van der Waals surface area contributed by atoms with Crippen LogP contribution < -0.4 is 20.1 Å². The number of methoxy groups -OCH3 is 1. The Balaban J connectivity index is 1.54. The number of nitrogens with one attached hydrogen (secondary N) is 3. The van der Waals surface area contributed by atoms with Gasteiger partial charge in [0.15, 0.2) is 5.82 Å². The van der Waals surface area contributed by atoms with Crippen molar-refractivity contribution in [2.75, 3.05) is 26.1 Å². The van der Waals surface area contributed by atoms with Crippen LogP contribution in [0.2, 0.25) is 0 Å². The maximum absolute atomic E-state index is 8.63. The normalized spacial score (nSPS) is 11.4. The molecule has 1 aromatic carbocycles. The van der Waals surface area contributed by atoms with E-state index in [0.29, 0.717) is 40.1 Å². The quantitative estimate of drug-likeness (QED) is 0.271. The molecule has 0 saturated heterocycles. The minimum absolute atomic E-state index is 0.0950. The van der Waals surface area contributed by atoms with Gasteiger partial charge in [0.25, 0.3) is 0 Å². The predicted octanol–water partition coefficient (Wildman–Crippen LogP) is 4.95. The third kappa shape index (κ3) is 5.93. The van der Waals surface area contributed by atoms with E-state index in [0.717, 1.165) is 22.4 Å². The summed E-state index contributed by atoms with van der Waals surface area (Å²) >= 11 is 0. The molecule has 3 N–H and O–H groups in total. The summed E-state index contributed by atoms with van der Waals surface area (Å²) in [6.45, 7) is 4.31. The molecule has 0 saturated carbocycles. The SMILES string of the molecule is CN/C=C(\C(=N)COc1ccc(OC)cc1)c1cnc2ccc(Nc3cc(C(C)C)cnn3)nc2c1. The monoisotopic (exact) mass is 483 g/mol. The molecule has 0 aliphatic carbocycles. The molecule has 0 spiro atoms. The Labute approximate surface area is 210 Å².